The van der Waals surface area contributed by atoms with Crippen molar-refractivity contribution in [3.63, 3.8) is 0 Å². The van der Waals surface area contributed by atoms with Crippen LogP contribution in [0.2, 0.25) is 10.0 Å². The minimum Gasteiger partial charge on any atom is -0.382 e. The topological polar surface area (TPSA) is 50.8 Å². The van der Waals surface area contributed by atoms with Crippen LogP contribution in [-0.4, -0.2) is 56.9 Å². The number of likely N-dealkylation sites (tertiary alicyclic amines) is 1. The van der Waals surface area contributed by atoms with E-state index in [9.17, 15) is 4.79 Å². The van der Waals surface area contributed by atoms with Crippen molar-refractivity contribution in [3.05, 3.63) is 28.2 Å². The first-order chi connectivity index (χ1) is 11.6. The summed E-state index contributed by atoms with van der Waals surface area (Å²) >= 11 is 11.9. The number of ether oxygens (including phenoxy) is 2. The van der Waals surface area contributed by atoms with Gasteiger partial charge in [-0.25, -0.2) is 0 Å². The van der Waals surface area contributed by atoms with Crippen LogP contribution in [0.5, 0.6) is 0 Å². The van der Waals surface area contributed by atoms with Gasteiger partial charge in [0.1, 0.15) is 0 Å². The van der Waals surface area contributed by atoms with Crippen LogP contribution in [0.3, 0.4) is 0 Å². The maximum Gasteiger partial charge on any atom is 0.241 e. The lowest BCUT2D eigenvalue weighted by atomic mass is 10.0. The molecule has 24 heavy (non-hydrogen) atoms. The van der Waals surface area contributed by atoms with Gasteiger partial charge in [-0.2, -0.15) is 0 Å². The zero-order valence-electron chi connectivity index (χ0n) is 13.9. The van der Waals surface area contributed by atoms with Crippen molar-refractivity contribution in [1.29, 1.82) is 0 Å². The van der Waals surface area contributed by atoms with Crippen molar-refractivity contribution >= 4 is 34.8 Å². The number of hydrogen-bond donors (Lipinski definition) is 1. The molecule has 1 aliphatic heterocycles. The third-order valence-electron chi connectivity index (χ3n) is 4.06. The molecule has 0 radical (unpaired) electrons. The molecule has 0 spiro atoms. The Kier molecular flexibility index (Phi) is 8.29. The summed E-state index contributed by atoms with van der Waals surface area (Å²) in [5.41, 5.74) is 0.663. The summed E-state index contributed by atoms with van der Waals surface area (Å²) in [5, 5.41) is 3.84. The smallest absolute Gasteiger partial charge is 0.241 e. The number of nitrogens with zero attached hydrogens (tertiary/aromatic N) is 1. The van der Waals surface area contributed by atoms with E-state index < -0.39 is 0 Å². The number of piperidine rings is 1. The third-order valence-corrected chi connectivity index (χ3v) is 4.80. The van der Waals surface area contributed by atoms with E-state index in [0.717, 1.165) is 32.4 Å². The molecule has 5 nitrogen and oxygen atoms in total. The summed E-state index contributed by atoms with van der Waals surface area (Å²) in [5.74, 6) is -0.00928. The van der Waals surface area contributed by atoms with Crippen molar-refractivity contribution in [2.45, 2.75) is 25.3 Å². The fraction of sp³-hybridized carbons (Fsp3) is 0.588. The Bertz CT molecular complexity index is 543. The molecule has 1 fully saturated rings. The van der Waals surface area contributed by atoms with Crippen LogP contribution in [0.25, 0.3) is 0 Å². The van der Waals surface area contributed by atoms with Crippen LogP contribution < -0.4 is 5.32 Å². The van der Waals surface area contributed by atoms with Gasteiger partial charge in [0.2, 0.25) is 5.91 Å². The highest BCUT2D eigenvalue weighted by atomic mass is 35.5. The summed E-state index contributed by atoms with van der Waals surface area (Å²) in [6.07, 6.45) is 3.01. The van der Waals surface area contributed by atoms with E-state index in [-0.39, 0.29) is 11.9 Å². The monoisotopic (exact) mass is 374 g/mol. The Hall–Kier alpha value is -0.850. The van der Waals surface area contributed by atoms with Crippen molar-refractivity contribution in [2.24, 2.45) is 0 Å². The number of rotatable bonds is 8. The summed E-state index contributed by atoms with van der Waals surface area (Å²) in [6.45, 7) is 3.40. The molecule has 1 atom stereocenters. The molecule has 1 aromatic carbocycles. The summed E-state index contributed by atoms with van der Waals surface area (Å²) in [6, 6.07) is 4.97. The fourth-order valence-corrected chi connectivity index (χ4v) is 3.08. The Morgan fingerprint density at radius 3 is 2.83 bits per heavy atom. The van der Waals surface area contributed by atoms with E-state index in [1.165, 1.54) is 0 Å². The highest BCUT2D eigenvalue weighted by molar-refractivity contribution is 6.42. The summed E-state index contributed by atoms with van der Waals surface area (Å²) in [7, 11) is 1.65. The second-order valence-electron chi connectivity index (χ2n) is 5.77. The molecule has 0 aliphatic carbocycles. The number of methoxy groups -OCH3 is 1. The highest BCUT2D eigenvalue weighted by Crippen LogP contribution is 2.26. The van der Waals surface area contributed by atoms with Crippen molar-refractivity contribution in [1.82, 2.24) is 4.90 Å². The maximum atomic E-state index is 12.6. The zero-order chi connectivity index (χ0) is 17.4. The summed E-state index contributed by atoms with van der Waals surface area (Å²) < 4.78 is 10.5. The Morgan fingerprint density at radius 2 is 2.08 bits per heavy atom. The molecule has 1 heterocycles. The molecular formula is C17H24Cl2N2O3. The van der Waals surface area contributed by atoms with Crippen LogP contribution >= 0.6 is 23.2 Å². The van der Waals surface area contributed by atoms with Gasteiger partial charge in [0.15, 0.2) is 0 Å². The zero-order valence-corrected chi connectivity index (χ0v) is 15.4. The number of halogens is 2. The minimum atomic E-state index is -0.140. The molecule has 1 saturated heterocycles. The number of carbonyl (C=O) groups is 1. The van der Waals surface area contributed by atoms with Crippen LogP contribution in [0.1, 0.15) is 19.3 Å². The predicted octanol–water partition coefficient (Wildman–Crippen LogP) is 3.45. The molecule has 1 aromatic rings. The highest BCUT2D eigenvalue weighted by Gasteiger charge is 2.28. The van der Waals surface area contributed by atoms with Gasteiger partial charge in [-0.3, -0.25) is 9.69 Å². The van der Waals surface area contributed by atoms with Gasteiger partial charge in [-0.05, 0) is 37.6 Å². The molecule has 0 bridgehead atoms. The lowest BCUT2D eigenvalue weighted by Crippen LogP contribution is -2.48. The fourth-order valence-electron chi connectivity index (χ4n) is 2.78. The minimum absolute atomic E-state index is 0.00928. The lowest BCUT2D eigenvalue weighted by Gasteiger charge is -2.34. The first-order valence-electron chi connectivity index (χ1n) is 8.18. The van der Waals surface area contributed by atoms with E-state index in [1.54, 1.807) is 25.3 Å². The van der Waals surface area contributed by atoms with Crippen molar-refractivity contribution in [3.8, 4) is 0 Å². The first kappa shape index (κ1) is 19.5. The average Bonchev–Trinajstić information content (AvgIpc) is 2.58. The molecule has 0 saturated carbocycles. The van der Waals surface area contributed by atoms with Crippen molar-refractivity contribution < 1.29 is 14.3 Å². The average molecular weight is 375 g/mol. The molecule has 134 valence electrons. The van der Waals surface area contributed by atoms with Crippen LogP contribution in [-0.2, 0) is 14.3 Å². The lowest BCUT2D eigenvalue weighted by molar-refractivity contribution is -0.122. The maximum absolute atomic E-state index is 12.6. The molecule has 7 heteroatoms. The van der Waals surface area contributed by atoms with Crippen LogP contribution in [0, 0.1) is 0 Å². The van der Waals surface area contributed by atoms with E-state index in [0.29, 0.717) is 35.6 Å². The normalized spacial score (nSPS) is 18.5. The van der Waals surface area contributed by atoms with Gasteiger partial charge in [0.05, 0.1) is 35.9 Å². The van der Waals surface area contributed by atoms with Crippen LogP contribution in [0.15, 0.2) is 18.2 Å². The Labute approximate surface area is 153 Å². The molecule has 1 aliphatic rings. The number of carbonyl (C=O) groups excluding carboxylic acids is 1. The number of benzene rings is 1. The predicted molar refractivity (Wildman–Crippen MR) is 97.0 cm³/mol. The number of anilines is 1. The largest absolute Gasteiger partial charge is 0.382 e. The van der Waals surface area contributed by atoms with E-state index in [1.807, 2.05) is 0 Å². The third kappa shape index (κ3) is 5.90. The number of nitrogens with one attached hydrogen (secondary N) is 1. The van der Waals surface area contributed by atoms with Gasteiger partial charge in [0.25, 0.3) is 0 Å². The SMILES string of the molecule is COCCOCCN1CCCC[C@@H]1C(=O)Nc1ccc(Cl)c(Cl)c1. The second kappa shape index (κ2) is 10.2. The number of hydrogen-bond acceptors (Lipinski definition) is 4. The molecule has 1 amide bonds. The summed E-state index contributed by atoms with van der Waals surface area (Å²) in [4.78, 5) is 14.8. The van der Waals surface area contributed by atoms with Gasteiger partial charge >= 0.3 is 0 Å². The van der Waals surface area contributed by atoms with Gasteiger partial charge in [-0.15, -0.1) is 0 Å². The van der Waals surface area contributed by atoms with Gasteiger partial charge in [0, 0.05) is 19.3 Å². The van der Waals surface area contributed by atoms with E-state index in [4.69, 9.17) is 32.7 Å². The first-order valence-corrected chi connectivity index (χ1v) is 8.94. The van der Waals surface area contributed by atoms with Crippen LogP contribution in [0.4, 0.5) is 5.69 Å². The number of amides is 1. The molecule has 0 aromatic heterocycles. The van der Waals surface area contributed by atoms with Gasteiger partial charge in [-0.1, -0.05) is 29.6 Å². The Balaban J connectivity index is 1.88. The van der Waals surface area contributed by atoms with Gasteiger partial charge < -0.3 is 14.8 Å². The van der Waals surface area contributed by atoms with Crippen molar-refractivity contribution in [2.75, 3.05) is 45.3 Å². The quantitative estimate of drug-likeness (QED) is 0.708. The standard InChI is InChI=1S/C17H24Cl2N2O3/c1-23-10-11-24-9-8-21-7-3-2-4-16(21)17(22)20-13-5-6-14(18)15(19)12-13/h5-6,12,16H,2-4,7-11H2,1H3,(H,20,22)/t16-/m1/s1. The Morgan fingerprint density at radius 1 is 1.25 bits per heavy atom. The van der Waals surface area contributed by atoms with E-state index >= 15 is 0 Å². The molecule has 2 rings (SSSR count). The molecule has 0 unspecified atom stereocenters. The second-order valence-corrected chi connectivity index (χ2v) is 6.59. The van der Waals surface area contributed by atoms with E-state index in [2.05, 4.69) is 10.2 Å². The molecule has 1 N–H and O–H groups in total. The molecular weight excluding hydrogens is 351 g/mol.